The van der Waals surface area contributed by atoms with Gasteiger partial charge in [0.05, 0.1) is 12.6 Å². The minimum atomic E-state index is -0.0158. The van der Waals surface area contributed by atoms with Crippen molar-refractivity contribution in [1.82, 2.24) is 10.4 Å². The monoisotopic (exact) mass is 271 g/mol. The van der Waals surface area contributed by atoms with Gasteiger partial charge in [0.1, 0.15) is 5.75 Å². The van der Waals surface area contributed by atoms with Crippen LogP contribution in [-0.2, 0) is 6.42 Å². The van der Waals surface area contributed by atoms with Crippen molar-refractivity contribution in [2.24, 2.45) is 5.84 Å². The van der Waals surface area contributed by atoms with Crippen LogP contribution in [0.1, 0.15) is 30.6 Å². The molecule has 1 unspecified atom stereocenters. The molecule has 2 aromatic rings. The molecule has 1 aromatic carbocycles. The Balaban J connectivity index is 2.18. The number of nitrogens with zero attached hydrogens (tertiary/aromatic N) is 1. The molecule has 0 aliphatic rings. The second-order valence-electron chi connectivity index (χ2n) is 4.63. The van der Waals surface area contributed by atoms with Crippen LogP contribution in [0.5, 0.6) is 5.75 Å². The molecule has 4 heteroatoms. The van der Waals surface area contributed by atoms with Gasteiger partial charge in [-0.2, -0.15) is 0 Å². The molecule has 2 rings (SSSR count). The first-order chi connectivity index (χ1) is 9.85. The smallest absolute Gasteiger partial charge is 0.124 e. The van der Waals surface area contributed by atoms with E-state index in [0.29, 0.717) is 6.61 Å². The highest BCUT2D eigenvalue weighted by Gasteiger charge is 2.15. The van der Waals surface area contributed by atoms with Crippen LogP contribution in [0.15, 0.2) is 48.7 Å². The molecule has 0 amide bonds. The summed E-state index contributed by atoms with van der Waals surface area (Å²) in [6.07, 6.45) is 3.50. The predicted molar refractivity (Wildman–Crippen MR) is 80.2 cm³/mol. The van der Waals surface area contributed by atoms with Gasteiger partial charge in [0.2, 0.25) is 0 Å². The summed E-state index contributed by atoms with van der Waals surface area (Å²) >= 11 is 0. The third-order valence-electron chi connectivity index (χ3n) is 3.10. The number of hydrazine groups is 1. The van der Waals surface area contributed by atoms with Gasteiger partial charge in [-0.1, -0.05) is 31.2 Å². The van der Waals surface area contributed by atoms with E-state index in [2.05, 4.69) is 17.3 Å². The summed E-state index contributed by atoms with van der Waals surface area (Å²) in [6.45, 7) is 2.80. The number of hydrogen-bond donors (Lipinski definition) is 2. The summed E-state index contributed by atoms with van der Waals surface area (Å²) in [5.74, 6) is 6.60. The summed E-state index contributed by atoms with van der Waals surface area (Å²) in [6, 6.07) is 13.9. The fourth-order valence-corrected chi connectivity index (χ4v) is 2.10. The largest absolute Gasteiger partial charge is 0.493 e. The Kier molecular flexibility index (Phi) is 5.53. The maximum Gasteiger partial charge on any atom is 0.124 e. The second kappa shape index (κ2) is 7.62. The van der Waals surface area contributed by atoms with Crippen LogP contribution in [0, 0.1) is 0 Å². The number of aromatic nitrogens is 1. The molecule has 3 N–H and O–H groups in total. The highest BCUT2D eigenvalue weighted by molar-refractivity contribution is 5.36. The molecule has 1 aromatic heterocycles. The van der Waals surface area contributed by atoms with Gasteiger partial charge in [-0.25, -0.2) is 0 Å². The summed E-state index contributed by atoms with van der Waals surface area (Å²) in [5, 5.41) is 0. The normalized spacial score (nSPS) is 12.1. The van der Waals surface area contributed by atoms with Crippen molar-refractivity contribution in [2.45, 2.75) is 25.8 Å². The standard InChI is InChI=1S/C16H21N3O/c1-2-11-20-16-9-4-3-8-14(16)15(19-17)12-13-7-5-6-10-18-13/h3-10,15,19H,2,11-12,17H2,1H3. The van der Waals surface area contributed by atoms with E-state index in [1.807, 2.05) is 42.5 Å². The molecule has 1 heterocycles. The molecular formula is C16H21N3O. The van der Waals surface area contributed by atoms with Gasteiger partial charge in [0.25, 0.3) is 0 Å². The lowest BCUT2D eigenvalue weighted by atomic mass is 10.0. The Labute approximate surface area is 120 Å². The molecule has 0 aliphatic carbocycles. The van der Waals surface area contributed by atoms with Crippen LogP contribution in [-0.4, -0.2) is 11.6 Å². The van der Waals surface area contributed by atoms with Crippen molar-refractivity contribution in [3.05, 3.63) is 59.9 Å². The minimum Gasteiger partial charge on any atom is -0.493 e. The number of nitrogens with one attached hydrogen (secondary N) is 1. The van der Waals surface area contributed by atoms with E-state index < -0.39 is 0 Å². The SMILES string of the molecule is CCCOc1ccccc1C(Cc1ccccn1)NN. The zero-order valence-electron chi connectivity index (χ0n) is 11.8. The van der Waals surface area contributed by atoms with Gasteiger partial charge < -0.3 is 4.74 Å². The van der Waals surface area contributed by atoms with Crippen molar-refractivity contribution in [1.29, 1.82) is 0 Å². The second-order valence-corrected chi connectivity index (χ2v) is 4.63. The lowest BCUT2D eigenvalue weighted by Crippen LogP contribution is -2.30. The first-order valence-corrected chi connectivity index (χ1v) is 6.93. The van der Waals surface area contributed by atoms with Gasteiger partial charge in [0, 0.05) is 23.9 Å². The predicted octanol–water partition coefficient (Wildman–Crippen LogP) is 2.62. The first-order valence-electron chi connectivity index (χ1n) is 6.93. The maximum atomic E-state index is 5.79. The van der Waals surface area contributed by atoms with Crippen molar-refractivity contribution in [3.63, 3.8) is 0 Å². The molecule has 0 saturated heterocycles. The number of pyridine rings is 1. The van der Waals surface area contributed by atoms with Crippen LogP contribution >= 0.6 is 0 Å². The molecule has 0 spiro atoms. The Morgan fingerprint density at radius 3 is 2.70 bits per heavy atom. The van der Waals surface area contributed by atoms with Crippen LogP contribution in [0.4, 0.5) is 0 Å². The summed E-state index contributed by atoms with van der Waals surface area (Å²) in [4.78, 5) is 4.35. The van der Waals surface area contributed by atoms with Gasteiger partial charge in [-0.05, 0) is 24.6 Å². The van der Waals surface area contributed by atoms with Crippen molar-refractivity contribution < 1.29 is 4.74 Å². The molecule has 0 aliphatic heterocycles. The lowest BCUT2D eigenvalue weighted by molar-refractivity contribution is 0.309. The average Bonchev–Trinajstić information content (AvgIpc) is 2.52. The van der Waals surface area contributed by atoms with E-state index in [1.54, 1.807) is 6.20 Å². The Morgan fingerprint density at radius 2 is 2.00 bits per heavy atom. The number of rotatable bonds is 7. The molecule has 0 saturated carbocycles. The summed E-state index contributed by atoms with van der Waals surface area (Å²) in [5.41, 5.74) is 4.93. The van der Waals surface area contributed by atoms with Crippen molar-refractivity contribution >= 4 is 0 Å². The van der Waals surface area contributed by atoms with Crippen LogP contribution in [0.25, 0.3) is 0 Å². The fourth-order valence-electron chi connectivity index (χ4n) is 2.10. The summed E-state index contributed by atoms with van der Waals surface area (Å²) in [7, 11) is 0. The number of para-hydroxylation sites is 1. The third-order valence-corrected chi connectivity index (χ3v) is 3.10. The van der Waals surface area contributed by atoms with E-state index in [9.17, 15) is 0 Å². The van der Waals surface area contributed by atoms with Crippen LogP contribution in [0.2, 0.25) is 0 Å². The number of nitrogens with two attached hydrogens (primary N) is 1. The Morgan fingerprint density at radius 1 is 1.20 bits per heavy atom. The van der Waals surface area contributed by atoms with E-state index in [1.165, 1.54) is 0 Å². The van der Waals surface area contributed by atoms with E-state index in [-0.39, 0.29) is 6.04 Å². The molecular weight excluding hydrogens is 250 g/mol. The summed E-state index contributed by atoms with van der Waals surface area (Å²) < 4.78 is 5.79. The highest BCUT2D eigenvalue weighted by atomic mass is 16.5. The van der Waals surface area contributed by atoms with Gasteiger partial charge in [0.15, 0.2) is 0 Å². The van der Waals surface area contributed by atoms with Crippen LogP contribution in [0.3, 0.4) is 0 Å². The number of hydrogen-bond acceptors (Lipinski definition) is 4. The molecule has 0 fully saturated rings. The lowest BCUT2D eigenvalue weighted by Gasteiger charge is -2.19. The van der Waals surface area contributed by atoms with Gasteiger partial charge >= 0.3 is 0 Å². The van der Waals surface area contributed by atoms with Crippen molar-refractivity contribution in [2.75, 3.05) is 6.61 Å². The number of ether oxygens (including phenoxy) is 1. The quantitative estimate of drug-likeness (QED) is 0.600. The fraction of sp³-hybridized carbons (Fsp3) is 0.312. The molecule has 106 valence electrons. The number of benzene rings is 1. The average molecular weight is 271 g/mol. The molecule has 4 nitrogen and oxygen atoms in total. The molecule has 0 bridgehead atoms. The zero-order chi connectivity index (χ0) is 14.2. The topological polar surface area (TPSA) is 60.2 Å². The van der Waals surface area contributed by atoms with Gasteiger partial charge in [-0.15, -0.1) is 0 Å². The third kappa shape index (κ3) is 3.79. The van der Waals surface area contributed by atoms with Crippen molar-refractivity contribution in [3.8, 4) is 5.75 Å². The van der Waals surface area contributed by atoms with E-state index >= 15 is 0 Å². The highest BCUT2D eigenvalue weighted by Crippen LogP contribution is 2.26. The zero-order valence-corrected chi connectivity index (χ0v) is 11.8. The van der Waals surface area contributed by atoms with Crippen LogP contribution < -0.4 is 16.0 Å². The molecule has 1 atom stereocenters. The van der Waals surface area contributed by atoms with Gasteiger partial charge in [-0.3, -0.25) is 16.3 Å². The maximum absolute atomic E-state index is 5.79. The first kappa shape index (κ1) is 14.5. The minimum absolute atomic E-state index is 0.0158. The Bertz CT molecular complexity index is 516. The molecule has 0 radical (unpaired) electrons. The van der Waals surface area contributed by atoms with E-state index in [0.717, 1.165) is 29.8 Å². The van der Waals surface area contributed by atoms with E-state index in [4.69, 9.17) is 10.6 Å². The Hall–Kier alpha value is -1.91. The molecule has 20 heavy (non-hydrogen) atoms.